The molecule has 3 heterocycles. The minimum Gasteiger partial charge on any atom is -0.465 e. The number of likely N-dealkylation sites (tertiary alicyclic amines) is 1. The standard InChI is InChI=1S/C20H25N5O6/c1-10-3-6-12-16(22-10)31-20(18(28)23-12)8-14(15(21)26)25(9-20)17(27)13(7-11-4-5-11)24(2)19(29)30/h3,6,11,13-14H,4-5,7-9H2,1-2H3,(H2,21,26)(H,23,28)(H,29,30)/t13-,14-,20?/m0/s1. The number of nitrogens with zero attached hydrogens (tertiary/aromatic N) is 3. The number of hydrogen-bond donors (Lipinski definition) is 3. The molecule has 1 saturated carbocycles. The number of aryl methyl sites for hydroxylation is 1. The highest BCUT2D eigenvalue weighted by molar-refractivity contribution is 6.03. The van der Waals surface area contributed by atoms with Crippen LogP contribution in [0.1, 0.15) is 31.4 Å². The molecule has 1 aliphatic carbocycles. The highest BCUT2D eigenvalue weighted by Gasteiger charge is 2.58. The number of carbonyl (C=O) groups excluding carboxylic acids is 3. The van der Waals surface area contributed by atoms with Crippen molar-refractivity contribution in [1.29, 1.82) is 0 Å². The van der Waals surface area contributed by atoms with Gasteiger partial charge in [-0.15, -0.1) is 0 Å². The molecular weight excluding hydrogens is 406 g/mol. The van der Waals surface area contributed by atoms with Crippen molar-refractivity contribution >= 4 is 29.5 Å². The third-order valence-corrected chi connectivity index (χ3v) is 6.20. The van der Waals surface area contributed by atoms with E-state index in [0.29, 0.717) is 17.8 Å². The zero-order valence-electron chi connectivity index (χ0n) is 17.3. The highest BCUT2D eigenvalue weighted by atomic mass is 16.5. The second-order valence-electron chi connectivity index (χ2n) is 8.53. The number of nitrogens with one attached hydrogen (secondary N) is 1. The first-order chi connectivity index (χ1) is 14.6. The Hall–Kier alpha value is -3.37. The number of hydrogen-bond acceptors (Lipinski definition) is 6. The lowest BCUT2D eigenvalue weighted by atomic mass is 9.97. The zero-order valence-corrected chi connectivity index (χ0v) is 17.3. The van der Waals surface area contributed by atoms with E-state index in [1.54, 1.807) is 19.1 Å². The lowest BCUT2D eigenvalue weighted by molar-refractivity contribution is -0.142. The first-order valence-electron chi connectivity index (χ1n) is 10.1. The fourth-order valence-corrected chi connectivity index (χ4v) is 4.19. The predicted molar refractivity (Wildman–Crippen MR) is 107 cm³/mol. The first kappa shape index (κ1) is 20.9. The Labute approximate surface area is 178 Å². The van der Waals surface area contributed by atoms with Crippen molar-refractivity contribution in [3.8, 4) is 5.88 Å². The minimum atomic E-state index is -1.53. The molecular formula is C20H25N5O6. The number of fused-ring (bicyclic) bond motifs is 1. The van der Waals surface area contributed by atoms with Gasteiger partial charge in [-0.05, 0) is 31.4 Å². The summed E-state index contributed by atoms with van der Waals surface area (Å²) in [6.45, 7) is 1.54. The molecule has 1 aromatic rings. The van der Waals surface area contributed by atoms with E-state index < -0.39 is 41.5 Å². The van der Waals surface area contributed by atoms with Gasteiger partial charge in [0.1, 0.15) is 17.8 Å². The third-order valence-electron chi connectivity index (χ3n) is 6.20. The zero-order chi connectivity index (χ0) is 22.5. The van der Waals surface area contributed by atoms with E-state index in [1.807, 2.05) is 0 Å². The van der Waals surface area contributed by atoms with Gasteiger partial charge < -0.3 is 25.8 Å². The molecule has 1 aromatic heterocycles. The monoisotopic (exact) mass is 431 g/mol. The number of rotatable bonds is 5. The van der Waals surface area contributed by atoms with Crippen LogP contribution in [0.3, 0.4) is 0 Å². The minimum absolute atomic E-state index is 0.137. The number of nitrogens with two attached hydrogens (primary N) is 1. The van der Waals surface area contributed by atoms with Gasteiger partial charge >= 0.3 is 6.09 Å². The number of likely N-dealkylation sites (N-methyl/N-ethyl adjacent to an activating group) is 1. The van der Waals surface area contributed by atoms with Gasteiger partial charge in [0.2, 0.25) is 23.3 Å². The van der Waals surface area contributed by atoms with Crippen molar-refractivity contribution in [1.82, 2.24) is 14.8 Å². The van der Waals surface area contributed by atoms with Crippen LogP contribution >= 0.6 is 0 Å². The molecule has 2 fully saturated rings. The maximum atomic E-state index is 13.4. The van der Waals surface area contributed by atoms with Gasteiger partial charge in [-0.2, -0.15) is 0 Å². The molecule has 0 bridgehead atoms. The number of pyridine rings is 1. The Balaban J connectivity index is 1.65. The van der Waals surface area contributed by atoms with E-state index in [9.17, 15) is 24.3 Å². The van der Waals surface area contributed by atoms with Gasteiger partial charge in [0.15, 0.2) is 0 Å². The molecule has 0 radical (unpaired) electrons. The van der Waals surface area contributed by atoms with Gasteiger partial charge in [-0.25, -0.2) is 9.78 Å². The maximum Gasteiger partial charge on any atom is 0.407 e. The topological polar surface area (TPSA) is 155 Å². The molecule has 4 amide bonds. The van der Waals surface area contributed by atoms with Crippen LogP contribution in [0.2, 0.25) is 0 Å². The average molecular weight is 431 g/mol. The fraction of sp³-hybridized carbons (Fsp3) is 0.550. The number of primary amides is 1. The van der Waals surface area contributed by atoms with Gasteiger partial charge in [0, 0.05) is 19.2 Å². The molecule has 0 aromatic carbocycles. The van der Waals surface area contributed by atoms with Crippen molar-refractivity contribution in [2.75, 3.05) is 18.9 Å². The van der Waals surface area contributed by atoms with Gasteiger partial charge in [-0.3, -0.25) is 19.3 Å². The summed E-state index contributed by atoms with van der Waals surface area (Å²) in [4.78, 5) is 56.6. The lowest BCUT2D eigenvalue weighted by Gasteiger charge is -2.34. The molecule has 31 heavy (non-hydrogen) atoms. The van der Waals surface area contributed by atoms with Crippen molar-refractivity contribution in [3.63, 3.8) is 0 Å². The van der Waals surface area contributed by atoms with E-state index in [2.05, 4.69) is 10.3 Å². The number of ether oxygens (including phenoxy) is 1. The molecule has 4 rings (SSSR count). The van der Waals surface area contributed by atoms with Crippen molar-refractivity contribution in [3.05, 3.63) is 17.8 Å². The smallest absolute Gasteiger partial charge is 0.407 e. The second-order valence-corrected chi connectivity index (χ2v) is 8.53. The van der Waals surface area contributed by atoms with Crippen LogP contribution < -0.4 is 15.8 Å². The van der Waals surface area contributed by atoms with Crippen LogP contribution in [0.25, 0.3) is 0 Å². The van der Waals surface area contributed by atoms with Gasteiger partial charge in [-0.1, -0.05) is 12.8 Å². The largest absolute Gasteiger partial charge is 0.465 e. The summed E-state index contributed by atoms with van der Waals surface area (Å²) >= 11 is 0. The summed E-state index contributed by atoms with van der Waals surface area (Å²) in [6.07, 6.45) is 0.820. The summed E-state index contributed by atoms with van der Waals surface area (Å²) in [7, 11) is 1.32. The van der Waals surface area contributed by atoms with E-state index in [4.69, 9.17) is 10.5 Å². The number of carbonyl (C=O) groups is 4. The van der Waals surface area contributed by atoms with E-state index in [1.165, 1.54) is 11.9 Å². The molecule has 4 N–H and O–H groups in total. The summed E-state index contributed by atoms with van der Waals surface area (Å²) in [6, 6.07) is 1.32. The number of aromatic nitrogens is 1. The van der Waals surface area contributed by atoms with Crippen LogP contribution in [0.4, 0.5) is 10.5 Å². The molecule has 166 valence electrons. The number of anilines is 1. The second kappa shape index (κ2) is 7.40. The first-order valence-corrected chi connectivity index (χ1v) is 10.1. The van der Waals surface area contributed by atoms with E-state index >= 15 is 0 Å². The summed E-state index contributed by atoms with van der Waals surface area (Å²) in [5.41, 5.74) is 5.11. The lowest BCUT2D eigenvalue weighted by Crippen LogP contribution is -2.55. The Morgan fingerprint density at radius 2 is 2.13 bits per heavy atom. The number of amides is 4. The molecule has 1 saturated heterocycles. The van der Waals surface area contributed by atoms with Crippen LogP contribution in [0.5, 0.6) is 5.88 Å². The van der Waals surface area contributed by atoms with Crippen LogP contribution in [0.15, 0.2) is 12.1 Å². The normalized spacial score (nSPS) is 25.4. The molecule has 3 atom stereocenters. The van der Waals surface area contributed by atoms with Crippen molar-refractivity contribution in [2.45, 2.75) is 50.3 Å². The van der Waals surface area contributed by atoms with Crippen LogP contribution in [-0.2, 0) is 14.4 Å². The molecule has 3 aliphatic rings. The molecule has 11 nitrogen and oxygen atoms in total. The van der Waals surface area contributed by atoms with Crippen molar-refractivity contribution < 1.29 is 29.0 Å². The third kappa shape index (κ3) is 3.75. The summed E-state index contributed by atoms with van der Waals surface area (Å²) < 4.78 is 5.96. The highest BCUT2D eigenvalue weighted by Crippen LogP contribution is 2.40. The molecule has 2 aliphatic heterocycles. The predicted octanol–water partition coefficient (Wildman–Crippen LogP) is 0.324. The molecule has 1 unspecified atom stereocenters. The van der Waals surface area contributed by atoms with E-state index in [-0.39, 0.29) is 24.8 Å². The van der Waals surface area contributed by atoms with Gasteiger partial charge in [0.25, 0.3) is 5.91 Å². The SMILES string of the molecule is Cc1ccc2c(n1)OC1(C[C@@H](C(N)=O)N(C(=O)[C@H](CC3CC3)N(C)C(=O)O)C1)C(=O)N2. The van der Waals surface area contributed by atoms with Gasteiger partial charge in [0.05, 0.1) is 6.54 Å². The van der Waals surface area contributed by atoms with E-state index in [0.717, 1.165) is 17.7 Å². The Bertz CT molecular complexity index is 963. The molecule has 1 spiro atoms. The Morgan fingerprint density at radius 1 is 1.42 bits per heavy atom. The van der Waals surface area contributed by atoms with Crippen LogP contribution in [-0.4, -0.2) is 75.0 Å². The number of carboxylic acid groups (broad SMARTS) is 1. The fourth-order valence-electron chi connectivity index (χ4n) is 4.19. The van der Waals surface area contributed by atoms with Crippen molar-refractivity contribution in [2.24, 2.45) is 11.7 Å². The quantitative estimate of drug-likeness (QED) is 0.606. The molecule has 11 heteroatoms. The summed E-state index contributed by atoms with van der Waals surface area (Å²) in [5.74, 6) is -1.39. The Morgan fingerprint density at radius 3 is 2.74 bits per heavy atom. The van der Waals surface area contributed by atoms with Crippen LogP contribution in [0, 0.1) is 12.8 Å². The average Bonchev–Trinajstić information content (AvgIpc) is 3.45. The maximum absolute atomic E-state index is 13.4. The summed E-state index contributed by atoms with van der Waals surface area (Å²) in [5, 5.41) is 12.2. The Kier molecular flexibility index (Phi) is 4.98.